The van der Waals surface area contributed by atoms with Crippen molar-refractivity contribution < 1.29 is 0 Å². The Labute approximate surface area is 106 Å². The molecule has 0 unspecified atom stereocenters. The molecule has 0 aliphatic carbocycles. The van der Waals surface area contributed by atoms with Gasteiger partial charge in [0.2, 0.25) is 0 Å². The molecule has 0 bridgehead atoms. The van der Waals surface area contributed by atoms with Crippen LogP contribution in [0, 0.1) is 5.41 Å². The molecule has 1 aromatic heterocycles. The Morgan fingerprint density at radius 2 is 2.17 bits per heavy atom. The summed E-state index contributed by atoms with van der Waals surface area (Å²) in [6.07, 6.45) is 1.65. The van der Waals surface area contributed by atoms with Gasteiger partial charge in [0.1, 0.15) is 5.84 Å². The Hall–Kier alpha value is -2.43. The van der Waals surface area contributed by atoms with Crippen LogP contribution >= 0.6 is 0 Å². The van der Waals surface area contributed by atoms with E-state index in [2.05, 4.69) is 10.2 Å². The van der Waals surface area contributed by atoms with Gasteiger partial charge in [0, 0.05) is 25.4 Å². The molecule has 3 N–H and O–H groups in total. The molecule has 0 radical (unpaired) electrons. The van der Waals surface area contributed by atoms with Gasteiger partial charge in [0.25, 0.3) is 0 Å². The highest BCUT2D eigenvalue weighted by molar-refractivity contribution is 5.95. The van der Waals surface area contributed by atoms with E-state index in [1.807, 2.05) is 48.3 Å². The lowest BCUT2D eigenvalue weighted by molar-refractivity contribution is 0.866. The van der Waals surface area contributed by atoms with Gasteiger partial charge in [0.05, 0.1) is 0 Å². The first kappa shape index (κ1) is 12.0. The summed E-state index contributed by atoms with van der Waals surface area (Å²) < 4.78 is 0. The zero-order valence-electron chi connectivity index (χ0n) is 10.2. The number of aromatic nitrogens is 2. The van der Waals surface area contributed by atoms with E-state index < -0.39 is 0 Å². The molecule has 0 atom stereocenters. The quantitative estimate of drug-likeness (QED) is 0.626. The molecular formula is C13H15N5. The van der Waals surface area contributed by atoms with E-state index in [9.17, 15) is 0 Å². The number of nitrogens with zero attached hydrogens (tertiary/aromatic N) is 3. The number of hydrogen-bond acceptors (Lipinski definition) is 4. The summed E-state index contributed by atoms with van der Waals surface area (Å²) in [5.41, 5.74) is 7.29. The summed E-state index contributed by atoms with van der Waals surface area (Å²) in [6.45, 7) is 0.694. The maximum absolute atomic E-state index is 7.42. The third kappa shape index (κ3) is 2.82. The summed E-state index contributed by atoms with van der Waals surface area (Å²) in [5, 5.41) is 15.3. The topological polar surface area (TPSA) is 78.9 Å². The molecule has 5 nitrogen and oxygen atoms in total. The first-order chi connectivity index (χ1) is 8.66. The molecule has 0 aliphatic rings. The summed E-state index contributed by atoms with van der Waals surface area (Å²) >= 11 is 0. The summed E-state index contributed by atoms with van der Waals surface area (Å²) in [4.78, 5) is 1.99. The molecule has 1 heterocycles. The maximum Gasteiger partial charge on any atom is 0.151 e. The van der Waals surface area contributed by atoms with Gasteiger partial charge in [-0.15, -0.1) is 5.10 Å². The van der Waals surface area contributed by atoms with Crippen molar-refractivity contribution in [1.82, 2.24) is 10.2 Å². The van der Waals surface area contributed by atoms with E-state index in [0.717, 1.165) is 16.9 Å². The molecule has 2 aromatic rings. The lowest BCUT2D eigenvalue weighted by atomic mass is 10.1. The average Bonchev–Trinajstić information content (AvgIpc) is 2.40. The first-order valence-corrected chi connectivity index (χ1v) is 5.59. The van der Waals surface area contributed by atoms with Gasteiger partial charge in [0.15, 0.2) is 5.82 Å². The first-order valence-electron chi connectivity index (χ1n) is 5.59. The van der Waals surface area contributed by atoms with E-state index in [-0.39, 0.29) is 5.84 Å². The summed E-state index contributed by atoms with van der Waals surface area (Å²) in [6, 6.07) is 11.4. The Morgan fingerprint density at radius 1 is 1.33 bits per heavy atom. The number of nitrogen functional groups attached to an aromatic ring is 1. The van der Waals surface area contributed by atoms with Crippen molar-refractivity contribution in [3.05, 3.63) is 53.7 Å². The minimum absolute atomic E-state index is 0.0824. The fraction of sp³-hybridized carbons (Fsp3) is 0.154. The van der Waals surface area contributed by atoms with Crippen molar-refractivity contribution in [3.63, 3.8) is 0 Å². The fourth-order valence-electron chi connectivity index (χ4n) is 1.69. The molecule has 0 spiro atoms. The number of nitrogens with two attached hydrogens (primary N) is 1. The normalized spacial score (nSPS) is 10.1. The number of rotatable bonds is 4. The largest absolute Gasteiger partial charge is 0.384 e. The van der Waals surface area contributed by atoms with Crippen LogP contribution in [0.1, 0.15) is 11.1 Å². The van der Waals surface area contributed by atoms with Gasteiger partial charge in [-0.05, 0) is 23.8 Å². The Kier molecular flexibility index (Phi) is 3.52. The predicted molar refractivity (Wildman–Crippen MR) is 71.6 cm³/mol. The van der Waals surface area contributed by atoms with Crippen LogP contribution in [-0.4, -0.2) is 23.1 Å². The number of nitrogens with one attached hydrogen (secondary N) is 1. The number of anilines is 1. The van der Waals surface area contributed by atoms with Crippen molar-refractivity contribution >= 4 is 11.7 Å². The van der Waals surface area contributed by atoms with Gasteiger partial charge in [-0.25, -0.2) is 0 Å². The molecule has 1 aromatic carbocycles. The monoisotopic (exact) mass is 241 g/mol. The highest BCUT2D eigenvalue weighted by Crippen LogP contribution is 2.12. The van der Waals surface area contributed by atoms with Crippen molar-refractivity contribution in [3.8, 4) is 0 Å². The smallest absolute Gasteiger partial charge is 0.151 e. The van der Waals surface area contributed by atoms with Crippen molar-refractivity contribution in [1.29, 1.82) is 5.41 Å². The maximum atomic E-state index is 7.42. The molecule has 0 saturated heterocycles. The average molecular weight is 241 g/mol. The second-order valence-corrected chi connectivity index (χ2v) is 4.05. The predicted octanol–water partition coefficient (Wildman–Crippen LogP) is 1.40. The Balaban J connectivity index is 2.14. The number of hydrogen-bond donors (Lipinski definition) is 2. The second-order valence-electron chi connectivity index (χ2n) is 4.05. The van der Waals surface area contributed by atoms with Crippen LogP contribution in [0.15, 0.2) is 42.6 Å². The SMILES string of the molecule is CN(Cc1cccc(C(=N)N)c1)c1cccnn1. The van der Waals surface area contributed by atoms with E-state index in [0.29, 0.717) is 6.54 Å². The van der Waals surface area contributed by atoms with Crippen LogP contribution in [0.5, 0.6) is 0 Å². The number of amidine groups is 1. The van der Waals surface area contributed by atoms with Crippen LogP contribution in [0.3, 0.4) is 0 Å². The van der Waals surface area contributed by atoms with Crippen LogP contribution in [0.2, 0.25) is 0 Å². The third-order valence-electron chi connectivity index (χ3n) is 2.61. The van der Waals surface area contributed by atoms with Gasteiger partial charge in [-0.1, -0.05) is 18.2 Å². The van der Waals surface area contributed by atoms with Crippen molar-refractivity contribution in [2.45, 2.75) is 6.54 Å². The van der Waals surface area contributed by atoms with Crippen molar-refractivity contribution in [2.75, 3.05) is 11.9 Å². The minimum atomic E-state index is 0.0824. The molecule has 18 heavy (non-hydrogen) atoms. The summed E-state index contributed by atoms with van der Waals surface area (Å²) in [5.74, 6) is 0.893. The minimum Gasteiger partial charge on any atom is -0.384 e. The van der Waals surface area contributed by atoms with Gasteiger partial charge < -0.3 is 10.6 Å². The molecule has 2 rings (SSSR count). The molecule has 92 valence electrons. The summed E-state index contributed by atoms with van der Waals surface area (Å²) in [7, 11) is 1.95. The van der Waals surface area contributed by atoms with Crippen LogP contribution < -0.4 is 10.6 Å². The van der Waals surface area contributed by atoms with Gasteiger partial charge in [-0.3, -0.25) is 5.41 Å². The standard InChI is InChI=1S/C13H15N5/c1-18(12-6-3-7-16-17-12)9-10-4-2-5-11(8-10)13(14)15/h2-8H,9H2,1H3,(H3,14,15). The van der Waals surface area contributed by atoms with E-state index >= 15 is 0 Å². The zero-order valence-corrected chi connectivity index (χ0v) is 10.2. The van der Waals surface area contributed by atoms with Crippen molar-refractivity contribution in [2.24, 2.45) is 5.73 Å². The van der Waals surface area contributed by atoms with E-state index in [4.69, 9.17) is 11.1 Å². The molecule has 0 saturated carbocycles. The van der Waals surface area contributed by atoms with Crippen LogP contribution in [-0.2, 0) is 6.54 Å². The van der Waals surface area contributed by atoms with E-state index in [1.54, 1.807) is 6.20 Å². The fourth-order valence-corrected chi connectivity index (χ4v) is 1.69. The van der Waals surface area contributed by atoms with Crippen LogP contribution in [0.4, 0.5) is 5.82 Å². The van der Waals surface area contributed by atoms with E-state index in [1.165, 1.54) is 0 Å². The lowest BCUT2D eigenvalue weighted by Crippen LogP contribution is -2.18. The lowest BCUT2D eigenvalue weighted by Gasteiger charge is -2.17. The van der Waals surface area contributed by atoms with Crippen LogP contribution in [0.25, 0.3) is 0 Å². The molecule has 5 heteroatoms. The highest BCUT2D eigenvalue weighted by Gasteiger charge is 2.04. The highest BCUT2D eigenvalue weighted by atomic mass is 15.2. The molecule has 0 fully saturated rings. The zero-order chi connectivity index (χ0) is 13.0. The Morgan fingerprint density at radius 3 is 2.83 bits per heavy atom. The molecular weight excluding hydrogens is 226 g/mol. The second kappa shape index (κ2) is 5.27. The number of benzene rings is 1. The Bertz CT molecular complexity index is 538. The molecule has 0 amide bonds. The third-order valence-corrected chi connectivity index (χ3v) is 2.61. The van der Waals surface area contributed by atoms with Gasteiger partial charge in [-0.2, -0.15) is 5.10 Å². The molecule has 0 aliphatic heterocycles. The van der Waals surface area contributed by atoms with Gasteiger partial charge >= 0.3 is 0 Å².